The molecule has 0 bridgehead atoms. The zero-order valence-corrected chi connectivity index (χ0v) is 9.20. The Hall–Kier alpha value is -0.520. The summed E-state index contributed by atoms with van der Waals surface area (Å²) in [6.45, 7) is 5.31. The highest BCUT2D eigenvalue weighted by atomic mass is 32.1. The number of nitrogens with two attached hydrogens (primary N) is 1. The maximum Gasteiger partial charge on any atom is 0.0883 e. The molecule has 2 atom stereocenters. The van der Waals surface area contributed by atoms with Gasteiger partial charge in [-0.25, -0.2) is 0 Å². The average molecular weight is 212 g/mol. The normalized spacial score (nSPS) is 29.3. The molecule has 2 unspecified atom stereocenters. The SMILES string of the molecule is CC1CN(Cc2cnsn2)CCC1N. The number of hydrogen-bond donors (Lipinski definition) is 1. The van der Waals surface area contributed by atoms with Crippen LogP contribution in [0.3, 0.4) is 0 Å². The second kappa shape index (κ2) is 4.33. The van der Waals surface area contributed by atoms with Crippen molar-refractivity contribution in [1.29, 1.82) is 0 Å². The molecule has 4 nitrogen and oxygen atoms in total. The molecular weight excluding hydrogens is 196 g/mol. The lowest BCUT2D eigenvalue weighted by Crippen LogP contribution is -2.45. The van der Waals surface area contributed by atoms with E-state index in [1.807, 2.05) is 6.20 Å². The fourth-order valence-corrected chi connectivity index (χ4v) is 2.30. The van der Waals surface area contributed by atoms with E-state index in [0.29, 0.717) is 12.0 Å². The van der Waals surface area contributed by atoms with Crippen LogP contribution in [-0.2, 0) is 6.54 Å². The monoisotopic (exact) mass is 212 g/mol. The first-order chi connectivity index (χ1) is 6.75. The molecule has 14 heavy (non-hydrogen) atoms. The summed E-state index contributed by atoms with van der Waals surface area (Å²) >= 11 is 1.28. The van der Waals surface area contributed by atoms with Crippen molar-refractivity contribution in [2.45, 2.75) is 25.9 Å². The van der Waals surface area contributed by atoms with E-state index in [0.717, 1.165) is 31.7 Å². The van der Waals surface area contributed by atoms with Crippen molar-refractivity contribution < 1.29 is 0 Å². The Balaban J connectivity index is 1.88. The zero-order valence-electron chi connectivity index (χ0n) is 8.39. The first-order valence-corrected chi connectivity index (χ1v) is 5.73. The predicted molar refractivity (Wildman–Crippen MR) is 56.9 cm³/mol. The molecule has 0 amide bonds. The topological polar surface area (TPSA) is 55.0 Å². The van der Waals surface area contributed by atoms with E-state index in [1.54, 1.807) is 0 Å². The summed E-state index contributed by atoms with van der Waals surface area (Å²) in [4.78, 5) is 2.41. The Kier molecular flexibility index (Phi) is 3.10. The third-order valence-electron chi connectivity index (χ3n) is 2.85. The van der Waals surface area contributed by atoms with E-state index in [4.69, 9.17) is 5.73 Å². The fourth-order valence-electron chi connectivity index (χ4n) is 1.88. The van der Waals surface area contributed by atoms with Crippen molar-refractivity contribution >= 4 is 11.7 Å². The highest BCUT2D eigenvalue weighted by Crippen LogP contribution is 2.16. The van der Waals surface area contributed by atoms with Gasteiger partial charge in [-0.05, 0) is 12.3 Å². The summed E-state index contributed by atoms with van der Waals surface area (Å²) in [5.74, 6) is 0.593. The molecule has 5 heteroatoms. The van der Waals surface area contributed by atoms with E-state index < -0.39 is 0 Å². The van der Waals surface area contributed by atoms with Gasteiger partial charge < -0.3 is 5.73 Å². The summed E-state index contributed by atoms with van der Waals surface area (Å²) in [5, 5.41) is 0. The quantitative estimate of drug-likeness (QED) is 0.784. The van der Waals surface area contributed by atoms with E-state index in [2.05, 4.69) is 20.6 Å². The van der Waals surface area contributed by atoms with Gasteiger partial charge in [0, 0.05) is 25.7 Å². The van der Waals surface area contributed by atoms with Crippen LogP contribution in [0.15, 0.2) is 6.20 Å². The first kappa shape index (κ1) is 10.0. The molecule has 2 rings (SSSR count). The van der Waals surface area contributed by atoms with Crippen molar-refractivity contribution in [3.63, 3.8) is 0 Å². The number of aromatic nitrogens is 2. The van der Waals surface area contributed by atoms with E-state index in [9.17, 15) is 0 Å². The average Bonchev–Trinajstić information content (AvgIpc) is 2.64. The fraction of sp³-hybridized carbons (Fsp3) is 0.778. The number of piperidine rings is 1. The minimum absolute atomic E-state index is 0.375. The maximum atomic E-state index is 5.96. The Morgan fingerprint density at radius 3 is 3.21 bits per heavy atom. The van der Waals surface area contributed by atoms with Gasteiger partial charge in [-0.15, -0.1) is 0 Å². The maximum absolute atomic E-state index is 5.96. The van der Waals surface area contributed by atoms with Gasteiger partial charge in [0.05, 0.1) is 23.6 Å². The lowest BCUT2D eigenvalue weighted by Gasteiger charge is -2.34. The van der Waals surface area contributed by atoms with Crippen molar-refractivity contribution in [2.75, 3.05) is 13.1 Å². The molecule has 1 aromatic heterocycles. The zero-order chi connectivity index (χ0) is 9.97. The molecule has 0 aromatic carbocycles. The number of nitrogens with zero attached hydrogens (tertiary/aromatic N) is 3. The Morgan fingerprint density at radius 2 is 2.57 bits per heavy atom. The minimum atomic E-state index is 0.375. The van der Waals surface area contributed by atoms with Gasteiger partial charge in [0.1, 0.15) is 0 Å². The molecule has 2 heterocycles. The summed E-state index contributed by atoms with van der Waals surface area (Å²) in [6.07, 6.45) is 2.95. The van der Waals surface area contributed by atoms with E-state index in [1.165, 1.54) is 11.7 Å². The molecule has 0 radical (unpaired) electrons. The molecule has 2 N–H and O–H groups in total. The second-order valence-electron chi connectivity index (χ2n) is 4.06. The number of likely N-dealkylation sites (tertiary alicyclic amines) is 1. The lowest BCUT2D eigenvalue weighted by atomic mass is 9.95. The molecule has 1 aromatic rings. The largest absolute Gasteiger partial charge is 0.327 e. The van der Waals surface area contributed by atoms with Gasteiger partial charge in [-0.3, -0.25) is 4.90 Å². The highest BCUT2D eigenvalue weighted by molar-refractivity contribution is 6.99. The summed E-state index contributed by atoms with van der Waals surface area (Å²) in [6, 6.07) is 0.375. The number of hydrogen-bond acceptors (Lipinski definition) is 5. The Morgan fingerprint density at radius 1 is 1.71 bits per heavy atom. The Bertz CT molecular complexity index is 274. The van der Waals surface area contributed by atoms with Gasteiger partial charge in [0.15, 0.2) is 0 Å². The Labute approximate surface area is 88.4 Å². The van der Waals surface area contributed by atoms with Crippen LogP contribution in [0.25, 0.3) is 0 Å². The molecule has 78 valence electrons. The van der Waals surface area contributed by atoms with Gasteiger partial charge in [-0.1, -0.05) is 6.92 Å². The molecule has 1 saturated heterocycles. The van der Waals surface area contributed by atoms with Crippen molar-refractivity contribution in [1.82, 2.24) is 13.6 Å². The molecule has 0 aliphatic carbocycles. The molecule has 0 spiro atoms. The summed E-state index contributed by atoms with van der Waals surface area (Å²) in [7, 11) is 0. The van der Waals surface area contributed by atoms with Crippen LogP contribution in [-0.4, -0.2) is 32.8 Å². The molecule has 1 aliphatic rings. The lowest BCUT2D eigenvalue weighted by molar-refractivity contribution is 0.156. The molecular formula is C9H16N4S. The predicted octanol–water partition coefficient (Wildman–Crippen LogP) is 0.707. The third kappa shape index (κ3) is 2.29. The highest BCUT2D eigenvalue weighted by Gasteiger charge is 2.23. The summed E-state index contributed by atoms with van der Waals surface area (Å²) in [5.41, 5.74) is 7.04. The van der Waals surface area contributed by atoms with Crippen LogP contribution >= 0.6 is 11.7 Å². The van der Waals surface area contributed by atoms with Gasteiger partial charge in [-0.2, -0.15) is 8.75 Å². The van der Waals surface area contributed by atoms with Crippen LogP contribution in [0, 0.1) is 5.92 Å². The third-order valence-corrected chi connectivity index (χ3v) is 3.36. The van der Waals surface area contributed by atoms with Crippen LogP contribution in [0.5, 0.6) is 0 Å². The van der Waals surface area contributed by atoms with Crippen LogP contribution in [0.1, 0.15) is 19.0 Å². The first-order valence-electron chi connectivity index (χ1n) is 5.00. The molecule has 1 fully saturated rings. The molecule has 1 aliphatic heterocycles. The van der Waals surface area contributed by atoms with E-state index >= 15 is 0 Å². The van der Waals surface area contributed by atoms with Gasteiger partial charge in [0.2, 0.25) is 0 Å². The second-order valence-corrected chi connectivity index (χ2v) is 4.62. The van der Waals surface area contributed by atoms with Gasteiger partial charge in [0.25, 0.3) is 0 Å². The minimum Gasteiger partial charge on any atom is -0.327 e. The smallest absolute Gasteiger partial charge is 0.0883 e. The number of rotatable bonds is 2. The van der Waals surface area contributed by atoms with Crippen molar-refractivity contribution in [3.8, 4) is 0 Å². The van der Waals surface area contributed by atoms with Crippen LogP contribution in [0.4, 0.5) is 0 Å². The summed E-state index contributed by atoms with van der Waals surface area (Å²) < 4.78 is 8.21. The van der Waals surface area contributed by atoms with Gasteiger partial charge >= 0.3 is 0 Å². The van der Waals surface area contributed by atoms with E-state index in [-0.39, 0.29) is 0 Å². The van der Waals surface area contributed by atoms with Crippen molar-refractivity contribution in [3.05, 3.63) is 11.9 Å². The van der Waals surface area contributed by atoms with Crippen molar-refractivity contribution in [2.24, 2.45) is 11.7 Å². The molecule has 0 saturated carbocycles. The van der Waals surface area contributed by atoms with Crippen LogP contribution < -0.4 is 5.73 Å². The standard InChI is InChI=1S/C9H16N4S/c1-7-5-13(3-2-9(7)10)6-8-4-11-14-12-8/h4,7,9H,2-3,5-6,10H2,1H3. The van der Waals surface area contributed by atoms with Crippen LogP contribution in [0.2, 0.25) is 0 Å².